The second-order valence-corrected chi connectivity index (χ2v) is 10.6. The van der Waals surface area contributed by atoms with E-state index in [9.17, 15) is 29.3 Å². The van der Waals surface area contributed by atoms with Crippen LogP contribution < -0.4 is 17.0 Å². The maximum absolute atomic E-state index is 13.2. The number of fused-ring (bicyclic) bond motifs is 1. The van der Waals surface area contributed by atoms with Crippen molar-refractivity contribution < 1.29 is 42.9 Å². The van der Waals surface area contributed by atoms with Gasteiger partial charge in [0.15, 0.2) is 17.7 Å². The van der Waals surface area contributed by atoms with Crippen LogP contribution in [0.3, 0.4) is 0 Å². The van der Waals surface area contributed by atoms with Crippen molar-refractivity contribution in [2.24, 2.45) is 0 Å². The highest BCUT2D eigenvalue weighted by Crippen LogP contribution is 2.52. The van der Waals surface area contributed by atoms with Crippen molar-refractivity contribution in [1.29, 1.82) is 0 Å². The molecule has 0 bridgehead atoms. The Morgan fingerprint density at radius 1 is 1.12 bits per heavy atom. The van der Waals surface area contributed by atoms with E-state index in [4.69, 9.17) is 29.0 Å². The van der Waals surface area contributed by atoms with Crippen LogP contribution in [0.25, 0.3) is 11.2 Å². The molecule has 6 N–H and O–H groups in total. The predicted octanol–water partition coefficient (Wildman–Crippen LogP) is -1.68. The number of aromatic amines is 1. The summed E-state index contributed by atoms with van der Waals surface area (Å²) in [5, 5.41) is 19.8. The van der Waals surface area contributed by atoms with E-state index in [1.54, 1.807) is 0 Å². The van der Waals surface area contributed by atoms with Gasteiger partial charge in [-0.15, -0.1) is 0 Å². The summed E-state index contributed by atoms with van der Waals surface area (Å²) in [6.45, 7) is 0.283. The van der Waals surface area contributed by atoms with Crippen molar-refractivity contribution in [3.8, 4) is 0 Å². The number of nitrogen functional groups attached to an aromatic ring is 1. The number of aliphatic hydroxyl groups is 2. The Labute approximate surface area is 224 Å². The number of anilines is 1. The highest BCUT2D eigenvalue weighted by Gasteiger charge is 2.51. The van der Waals surface area contributed by atoms with Crippen molar-refractivity contribution in [1.82, 2.24) is 29.1 Å². The molecule has 218 valence electrons. The van der Waals surface area contributed by atoms with Crippen LogP contribution in [0.2, 0.25) is 0 Å². The molecule has 2 aliphatic rings. The van der Waals surface area contributed by atoms with Crippen LogP contribution in [-0.4, -0.2) is 95.0 Å². The van der Waals surface area contributed by atoms with Crippen LogP contribution in [0.15, 0.2) is 28.4 Å². The van der Waals surface area contributed by atoms with E-state index in [1.807, 2.05) is 0 Å². The van der Waals surface area contributed by atoms with Gasteiger partial charge in [0.1, 0.15) is 48.6 Å². The van der Waals surface area contributed by atoms with Gasteiger partial charge in [0, 0.05) is 25.3 Å². The van der Waals surface area contributed by atoms with Crippen molar-refractivity contribution >= 4 is 24.8 Å². The Morgan fingerprint density at radius 2 is 1.88 bits per heavy atom. The van der Waals surface area contributed by atoms with Crippen molar-refractivity contribution in [2.45, 2.75) is 56.3 Å². The third kappa shape index (κ3) is 5.20. The first-order valence-electron chi connectivity index (χ1n) is 12.1. The van der Waals surface area contributed by atoms with E-state index in [0.29, 0.717) is 11.2 Å². The summed E-state index contributed by atoms with van der Waals surface area (Å²) in [7, 11) is -3.60. The van der Waals surface area contributed by atoms with Crippen molar-refractivity contribution in [3.63, 3.8) is 0 Å². The van der Waals surface area contributed by atoms with Crippen molar-refractivity contribution in [3.05, 3.63) is 45.3 Å². The van der Waals surface area contributed by atoms with Gasteiger partial charge >= 0.3 is 13.5 Å². The fourth-order valence-electron chi connectivity index (χ4n) is 4.81. The molecule has 2 aliphatic heterocycles. The second kappa shape index (κ2) is 11.1. The van der Waals surface area contributed by atoms with E-state index in [2.05, 4.69) is 19.9 Å². The summed E-state index contributed by atoms with van der Waals surface area (Å²) in [6, 6.07) is 0. The normalized spacial score (nSPS) is 30.2. The first-order chi connectivity index (χ1) is 19.1. The molecule has 40 heavy (non-hydrogen) atoms. The first kappa shape index (κ1) is 28.5. The summed E-state index contributed by atoms with van der Waals surface area (Å²) in [5.74, 6) is 0.130. The Bertz CT molecular complexity index is 1540. The van der Waals surface area contributed by atoms with Gasteiger partial charge in [-0.2, -0.15) is 0 Å². The third-order valence-corrected chi connectivity index (χ3v) is 7.79. The lowest BCUT2D eigenvalue weighted by Gasteiger charge is -2.26. The number of nitrogens with two attached hydrogens (primary N) is 1. The van der Waals surface area contributed by atoms with Crippen molar-refractivity contribution in [2.75, 3.05) is 26.1 Å². The number of H-pyrrole nitrogens is 1. The van der Waals surface area contributed by atoms with Crippen LogP contribution >= 0.6 is 7.82 Å². The highest BCUT2D eigenvalue weighted by atomic mass is 31.2. The number of rotatable bonds is 9. The number of phosphoric acid groups is 1. The maximum atomic E-state index is 13.2. The summed E-state index contributed by atoms with van der Waals surface area (Å²) in [5.41, 5.74) is 5.36. The van der Waals surface area contributed by atoms with Crippen LogP contribution in [0.1, 0.15) is 24.4 Å². The number of aryl methyl sites for hydroxylation is 1. The number of hydrogen-bond donors (Lipinski definition) is 5. The Balaban J connectivity index is 1.35. The molecule has 2 saturated heterocycles. The molecule has 18 nitrogen and oxygen atoms in total. The minimum absolute atomic E-state index is 0.130. The fourth-order valence-corrected chi connectivity index (χ4v) is 5.99. The predicted molar refractivity (Wildman–Crippen MR) is 133 cm³/mol. The minimum atomic E-state index is -4.93. The molecule has 5 heterocycles. The molecular formula is C21H28N7O11P. The molecule has 1 unspecified atom stereocenters. The maximum Gasteiger partial charge on any atom is 0.473 e. The molecule has 2 fully saturated rings. The molecule has 19 heteroatoms. The van der Waals surface area contributed by atoms with Crippen LogP contribution in [0, 0.1) is 6.92 Å². The number of aromatic nitrogens is 6. The van der Waals surface area contributed by atoms with E-state index in [-0.39, 0.29) is 17.8 Å². The lowest BCUT2D eigenvalue weighted by Crippen LogP contribution is -2.37. The first-order valence-corrected chi connectivity index (χ1v) is 13.6. The quantitative estimate of drug-likeness (QED) is 0.176. The van der Waals surface area contributed by atoms with Gasteiger partial charge in [-0.3, -0.25) is 28.0 Å². The summed E-state index contributed by atoms with van der Waals surface area (Å²) >= 11 is 0. The summed E-state index contributed by atoms with van der Waals surface area (Å²) in [4.78, 5) is 49.1. The topological polar surface area (TPSA) is 248 Å². The zero-order valence-electron chi connectivity index (χ0n) is 21.3. The molecule has 0 aromatic carbocycles. The summed E-state index contributed by atoms with van der Waals surface area (Å²) < 4.78 is 43.7. The molecule has 5 rings (SSSR count). The number of ether oxygens (including phenoxy) is 3. The average Bonchev–Trinajstić information content (AvgIpc) is 3.61. The molecule has 0 radical (unpaired) electrons. The fraction of sp³-hybridized carbons (Fsp3) is 0.571. The number of nitrogens with zero attached hydrogens (tertiary/aromatic N) is 5. The van der Waals surface area contributed by atoms with Gasteiger partial charge < -0.3 is 35.1 Å². The van der Waals surface area contributed by atoms with Gasteiger partial charge in [0.25, 0.3) is 5.56 Å². The van der Waals surface area contributed by atoms with Gasteiger partial charge in [0.05, 0.1) is 19.5 Å². The Hall–Kier alpha value is -3.06. The van der Waals surface area contributed by atoms with Crippen LogP contribution in [0.4, 0.5) is 5.82 Å². The van der Waals surface area contributed by atoms with E-state index in [1.165, 1.54) is 37.5 Å². The lowest BCUT2D eigenvalue weighted by molar-refractivity contribution is -0.0583. The lowest BCUT2D eigenvalue weighted by atomic mass is 10.1. The molecule has 0 spiro atoms. The van der Waals surface area contributed by atoms with E-state index < -0.39 is 75.3 Å². The van der Waals surface area contributed by atoms with Gasteiger partial charge in [-0.1, -0.05) is 0 Å². The zero-order chi connectivity index (χ0) is 28.8. The number of methoxy groups -OCH3 is 1. The van der Waals surface area contributed by atoms with E-state index in [0.717, 1.165) is 4.57 Å². The second-order valence-electron chi connectivity index (χ2n) is 9.24. The SMILES string of the molecule is CO[C@@H]1[C@H](OP(=O)(O)O[C@H]2C[C@H](n3cc(C)c(=O)[nH]c3=O)O[C@@H]2CO)[C@@H](CO)O[C@H]1n1cnc2c(N)ncnc21. The van der Waals surface area contributed by atoms with Gasteiger partial charge in [-0.05, 0) is 6.92 Å². The molecular weight excluding hydrogens is 557 g/mol. The molecule has 0 saturated carbocycles. The van der Waals surface area contributed by atoms with Gasteiger partial charge in [-0.25, -0.2) is 24.3 Å². The standard InChI is InChI=1S/C21H28N7O11P/c1-9-4-27(21(32)26-19(9)31)13-3-10(11(5-29)36-13)38-40(33,34)39-15-12(6-30)37-20(16(15)35-2)28-8-25-14-17(22)23-7-24-18(14)28/h4,7-8,10-13,15-16,20,29-30H,3,5-6H2,1-2H3,(H,33,34)(H2,22,23,24)(H,26,31,32)/t10-,11+,12+,13+,15+,16+,20+/m0/s1. The largest absolute Gasteiger partial charge is 0.473 e. The Kier molecular flexibility index (Phi) is 7.88. The van der Waals surface area contributed by atoms with Crippen LogP contribution in [0.5, 0.6) is 0 Å². The minimum Gasteiger partial charge on any atom is -0.394 e. The van der Waals surface area contributed by atoms with Gasteiger partial charge in [0.2, 0.25) is 0 Å². The molecule has 0 aliphatic carbocycles. The average molecular weight is 585 g/mol. The molecule has 3 aromatic heterocycles. The zero-order valence-corrected chi connectivity index (χ0v) is 22.2. The summed E-state index contributed by atoms with van der Waals surface area (Å²) in [6.07, 6.45) is -4.01. The van der Waals surface area contributed by atoms with Crippen LogP contribution in [-0.2, 0) is 27.8 Å². The molecule has 0 amide bonds. The highest BCUT2D eigenvalue weighted by molar-refractivity contribution is 7.47. The number of aliphatic hydroxyl groups excluding tert-OH is 2. The monoisotopic (exact) mass is 585 g/mol. The number of hydrogen-bond acceptors (Lipinski definition) is 14. The van der Waals surface area contributed by atoms with E-state index >= 15 is 0 Å². The number of imidazole rings is 1. The Morgan fingerprint density at radius 3 is 2.58 bits per heavy atom. The smallest absolute Gasteiger partial charge is 0.394 e. The molecule has 8 atom stereocenters. The molecule has 3 aromatic rings. The third-order valence-electron chi connectivity index (χ3n) is 6.74. The number of nitrogens with one attached hydrogen (secondary N) is 1. The number of phosphoric ester groups is 1.